The van der Waals surface area contributed by atoms with E-state index < -0.39 is 11.7 Å². The lowest BCUT2D eigenvalue weighted by atomic mass is 10.2. The molecule has 0 spiro atoms. The van der Waals surface area contributed by atoms with E-state index >= 15 is 0 Å². The molecule has 0 unspecified atom stereocenters. The summed E-state index contributed by atoms with van der Waals surface area (Å²) in [6, 6.07) is 13.8. The van der Waals surface area contributed by atoms with E-state index in [0.29, 0.717) is 16.9 Å². The minimum atomic E-state index is -0.452. The van der Waals surface area contributed by atoms with Crippen LogP contribution in [0.1, 0.15) is 12.5 Å². The fraction of sp³-hybridized carbons (Fsp3) is 0.118. The van der Waals surface area contributed by atoms with Gasteiger partial charge in [0, 0.05) is 12.6 Å². The summed E-state index contributed by atoms with van der Waals surface area (Å²) in [5.74, 6) is -1.22. The number of hydrogen-bond donors (Lipinski definition) is 1. The van der Waals surface area contributed by atoms with Crippen LogP contribution < -0.4 is 10.2 Å². The molecule has 0 radical (unpaired) electrons. The van der Waals surface area contributed by atoms with Gasteiger partial charge in [0.15, 0.2) is 0 Å². The topological polar surface area (TPSA) is 73.2 Å². The molecule has 23 heavy (non-hydrogen) atoms. The predicted octanol–water partition coefficient (Wildman–Crippen LogP) is 2.69. The highest BCUT2D eigenvalue weighted by molar-refractivity contribution is 6.02. The Balaban J connectivity index is 2.14. The Labute approximate surface area is 133 Å². The smallest absolute Gasteiger partial charge is 0.244 e. The molecule has 0 heterocycles. The van der Waals surface area contributed by atoms with Gasteiger partial charge in [0.25, 0.3) is 0 Å². The van der Waals surface area contributed by atoms with E-state index in [4.69, 9.17) is 5.26 Å². The first-order valence-corrected chi connectivity index (χ1v) is 6.84. The molecule has 0 aromatic heterocycles. The van der Waals surface area contributed by atoms with Crippen molar-refractivity contribution in [1.29, 1.82) is 5.26 Å². The molecule has 5 nitrogen and oxygen atoms in total. The maximum atomic E-state index is 13.0. The molecular formula is C17H14FN3O2. The average molecular weight is 311 g/mol. The van der Waals surface area contributed by atoms with Gasteiger partial charge in [-0.05, 0) is 36.4 Å². The number of halogens is 1. The fourth-order valence-electron chi connectivity index (χ4n) is 2.03. The van der Waals surface area contributed by atoms with Crippen LogP contribution in [-0.4, -0.2) is 18.4 Å². The van der Waals surface area contributed by atoms with Crippen LogP contribution in [0.15, 0.2) is 48.5 Å². The average Bonchev–Trinajstić information content (AvgIpc) is 2.54. The molecule has 116 valence electrons. The summed E-state index contributed by atoms with van der Waals surface area (Å²) in [6.45, 7) is 1.08. The molecule has 0 atom stereocenters. The minimum absolute atomic E-state index is 0.235. The van der Waals surface area contributed by atoms with Gasteiger partial charge in [-0.1, -0.05) is 12.1 Å². The summed E-state index contributed by atoms with van der Waals surface area (Å²) in [4.78, 5) is 25.1. The van der Waals surface area contributed by atoms with Crippen molar-refractivity contribution < 1.29 is 14.0 Å². The van der Waals surface area contributed by atoms with Gasteiger partial charge in [0.2, 0.25) is 11.8 Å². The molecule has 2 rings (SSSR count). The van der Waals surface area contributed by atoms with Crippen LogP contribution in [0.3, 0.4) is 0 Å². The molecule has 2 amide bonds. The SMILES string of the molecule is CC(=O)N(CC(=O)Nc1ccccc1C#N)c1ccc(F)cc1. The van der Waals surface area contributed by atoms with Crippen molar-refractivity contribution in [3.8, 4) is 6.07 Å². The molecule has 0 saturated heterocycles. The molecular weight excluding hydrogens is 297 g/mol. The van der Waals surface area contributed by atoms with Crippen LogP contribution in [-0.2, 0) is 9.59 Å². The molecule has 1 N–H and O–H groups in total. The zero-order valence-corrected chi connectivity index (χ0v) is 12.4. The van der Waals surface area contributed by atoms with Gasteiger partial charge in [0.1, 0.15) is 18.4 Å². The molecule has 0 aliphatic heterocycles. The first-order chi connectivity index (χ1) is 11.0. The Kier molecular flexibility index (Phi) is 5.05. The largest absolute Gasteiger partial charge is 0.323 e. The van der Waals surface area contributed by atoms with Gasteiger partial charge in [-0.15, -0.1) is 0 Å². The fourth-order valence-corrected chi connectivity index (χ4v) is 2.03. The Hall–Kier alpha value is -3.20. The Morgan fingerprint density at radius 2 is 1.83 bits per heavy atom. The van der Waals surface area contributed by atoms with Crippen LogP contribution in [0.5, 0.6) is 0 Å². The third-order valence-corrected chi connectivity index (χ3v) is 3.14. The van der Waals surface area contributed by atoms with E-state index in [9.17, 15) is 14.0 Å². The maximum Gasteiger partial charge on any atom is 0.244 e. The molecule has 0 aliphatic carbocycles. The highest BCUT2D eigenvalue weighted by Gasteiger charge is 2.16. The zero-order chi connectivity index (χ0) is 16.8. The summed E-state index contributed by atoms with van der Waals surface area (Å²) in [5.41, 5.74) is 1.13. The van der Waals surface area contributed by atoms with Gasteiger partial charge >= 0.3 is 0 Å². The second-order valence-corrected chi connectivity index (χ2v) is 4.79. The second-order valence-electron chi connectivity index (χ2n) is 4.79. The summed E-state index contributed by atoms with van der Waals surface area (Å²) < 4.78 is 13.0. The monoisotopic (exact) mass is 311 g/mol. The molecule has 2 aromatic rings. The number of nitrogens with one attached hydrogen (secondary N) is 1. The number of benzene rings is 2. The number of anilines is 2. The van der Waals surface area contributed by atoms with E-state index in [0.717, 1.165) is 0 Å². The third-order valence-electron chi connectivity index (χ3n) is 3.14. The minimum Gasteiger partial charge on any atom is -0.323 e. The van der Waals surface area contributed by atoms with Crippen molar-refractivity contribution in [1.82, 2.24) is 0 Å². The van der Waals surface area contributed by atoms with Crippen molar-refractivity contribution >= 4 is 23.2 Å². The molecule has 6 heteroatoms. The number of rotatable bonds is 4. The molecule has 0 bridgehead atoms. The number of para-hydroxylation sites is 1. The van der Waals surface area contributed by atoms with E-state index in [1.54, 1.807) is 24.3 Å². The molecule has 2 aromatic carbocycles. The van der Waals surface area contributed by atoms with Gasteiger partial charge < -0.3 is 10.2 Å². The summed E-state index contributed by atoms with van der Waals surface area (Å²) >= 11 is 0. The first kappa shape index (κ1) is 16.2. The van der Waals surface area contributed by atoms with Crippen molar-refractivity contribution in [2.75, 3.05) is 16.8 Å². The van der Waals surface area contributed by atoms with Crippen LogP contribution in [0.2, 0.25) is 0 Å². The number of hydrogen-bond acceptors (Lipinski definition) is 3. The van der Waals surface area contributed by atoms with Gasteiger partial charge in [-0.2, -0.15) is 5.26 Å². The first-order valence-electron chi connectivity index (χ1n) is 6.84. The van der Waals surface area contributed by atoms with Crippen molar-refractivity contribution in [3.05, 3.63) is 59.9 Å². The zero-order valence-electron chi connectivity index (χ0n) is 12.4. The molecule has 0 fully saturated rings. The lowest BCUT2D eigenvalue weighted by Crippen LogP contribution is -2.36. The quantitative estimate of drug-likeness (QED) is 0.943. The highest BCUT2D eigenvalue weighted by atomic mass is 19.1. The predicted molar refractivity (Wildman–Crippen MR) is 84.2 cm³/mol. The Morgan fingerprint density at radius 1 is 1.17 bits per heavy atom. The summed E-state index contributed by atoms with van der Waals surface area (Å²) in [7, 11) is 0. The van der Waals surface area contributed by atoms with Crippen molar-refractivity contribution in [2.24, 2.45) is 0 Å². The maximum absolute atomic E-state index is 13.0. The number of carbonyl (C=O) groups is 2. The Bertz CT molecular complexity index is 766. The van der Waals surface area contributed by atoms with E-state index in [-0.39, 0.29) is 12.5 Å². The number of nitriles is 1. The standard InChI is InChI=1S/C17H14FN3O2/c1-12(22)21(15-8-6-14(18)7-9-15)11-17(23)20-16-5-3-2-4-13(16)10-19/h2-9H,11H2,1H3,(H,20,23). The number of carbonyl (C=O) groups excluding carboxylic acids is 2. The van der Waals surface area contributed by atoms with Crippen molar-refractivity contribution in [2.45, 2.75) is 6.92 Å². The van der Waals surface area contributed by atoms with Crippen LogP contribution in [0, 0.1) is 17.1 Å². The third kappa shape index (κ3) is 4.14. The Morgan fingerprint density at radius 3 is 2.43 bits per heavy atom. The van der Waals surface area contributed by atoms with E-state index in [2.05, 4.69) is 5.32 Å². The summed E-state index contributed by atoms with van der Waals surface area (Å²) in [5, 5.41) is 11.6. The molecule has 0 aliphatic rings. The lowest BCUT2D eigenvalue weighted by molar-refractivity contribution is -0.120. The second kappa shape index (κ2) is 7.18. The summed E-state index contributed by atoms with van der Waals surface area (Å²) in [6.07, 6.45) is 0. The van der Waals surface area contributed by atoms with Crippen LogP contribution in [0.25, 0.3) is 0 Å². The van der Waals surface area contributed by atoms with Crippen molar-refractivity contribution in [3.63, 3.8) is 0 Å². The highest BCUT2D eigenvalue weighted by Crippen LogP contribution is 2.17. The van der Waals surface area contributed by atoms with E-state index in [1.807, 2.05) is 6.07 Å². The number of nitrogens with zero attached hydrogens (tertiary/aromatic N) is 2. The van der Waals surface area contributed by atoms with Crippen LogP contribution in [0.4, 0.5) is 15.8 Å². The number of amides is 2. The van der Waals surface area contributed by atoms with E-state index in [1.165, 1.54) is 36.1 Å². The molecule has 0 saturated carbocycles. The normalized spacial score (nSPS) is 9.78. The lowest BCUT2D eigenvalue weighted by Gasteiger charge is -2.20. The van der Waals surface area contributed by atoms with Gasteiger partial charge in [0.05, 0.1) is 11.3 Å². The van der Waals surface area contributed by atoms with Crippen LogP contribution >= 0.6 is 0 Å². The van der Waals surface area contributed by atoms with Gasteiger partial charge in [-0.3, -0.25) is 9.59 Å². The van der Waals surface area contributed by atoms with Gasteiger partial charge in [-0.25, -0.2) is 4.39 Å².